The van der Waals surface area contributed by atoms with Gasteiger partial charge in [-0.15, -0.1) is 10.2 Å². The van der Waals surface area contributed by atoms with Gasteiger partial charge in [0.1, 0.15) is 5.82 Å². The van der Waals surface area contributed by atoms with Gasteiger partial charge >= 0.3 is 0 Å². The predicted molar refractivity (Wildman–Crippen MR) is 99.4 cm³/mol. The van der Waals surface area contributed by atoms with E-state index in [1.54, 1.807) is 12.1 Å². The van der Waals surface area contributed by atoms with E-state index in [-0.39, 0.29) is 11.7 Å². The first-order valence-electron chi connectivity index (χ1n) is 9.76. The summed E-state index contributed by atoms with van der Waals surface area (Å²) in [6.45, 7) is 3.12. The summed E-state index contributed by atoms with van der Waals surface area (Å²) in [5.74, 6) is 1.87. The molecule has 0 N–H and O–H groups in total. The molecule has 0 aliphatic carbocycles. The SMILES string of the molecule is CN1CCC[C@@H]1c1nnc2n1CCN(C(=O)CCCc1ccc(F)cc1)C2. The van der Waals surface area contributed by atoms with E-state index in [0.29, 0.717) is 25.6 Å². The van der Waals surface area contributed by atoms with Crippen LogP contribution < -0.4 is 0 Å². The largest absolute Gasteiger partial charge is 0.333 e. The fourth-order valence-electron chi connectivity index (χ4n) is 4.13. The summed E-state index contributed by atoms with van der Waals surface area (Å²) >= 11 is 0. The Morgan fingerprint density at radius 3 is 2.74 bits per heavy atom. The monoisotopic (exact) mass is 371 g/mol. The molecule has 6 nitrogen and oxygen atoms in total. The number of aryl methyl sites for hydroxylation is 1. The van der Waals surface area contributed by atoms with Crippen molar-refractivity contribution in [3.8, 4) is 0 Å². The molecule has 27 heavy (non-hydrogen) atoms. The molecule has 2 aliphatic rings. The summed E-state index contributed by atoms with van der Waals surface area (Å²) < 4.78 is 15.1. The lowest BCUT2D eigenvalue weighted by Crippen LogP contribution is -2.39. The van der Waals surface area contributed by atoms with Gasteiger partial charge < -0.3 is 9.47 Å². The summed E-state index contributed by atoms with van der Waals surface area (Å²) in [5.41, 5.74) is 1.06. The number of likely N-dealkylation sites (tertiary alicyclic amines) is 1. The fraction of sp³-hybridized carbons (Fsp3) is 0.550. The third-order valence-corrected chi connectivity index (χ3v) is 5.72. The van der Waals surface area contributed by atoms with Gasteiger partial charge in [0.15, 0.2) is 11.6 Å². The van der Waals surface area contributed by atoms with Crippen molar-refractivity contribution < 1.29 is 9.18 Å². The molecule has 1 atom stereocenters. The number of benzene rings is 1. The Kier molecular flexibility index (Phi) is 5.20. The molecular formula is C20H26FN5O. The topological polar surface area (TPSA) is 54.3 Å². The summed E-state index contributed by atoms with van der Waals surface area (Å²) in [4.78, 5) is 16.8. The van der Waals surface area contributed by atoms with Crippen molar-refractivity contribution in [2.24, 2.45) is 0 Å². The third kappa shape index (κ3) is 3.88. The minimum atomic E-state index is -0.226. The number of halogens is 1. The Hall–Kier alpha value is -2.28. The Morgan fingerprint density at radius 1 is 1.19 bits per heavy atom. The predicted octanol–water partition coefficient (Wildman–Crippen LogP) is 2.55. The number of amides is 1. The molecule has 1 saturated heterocycles. The molecule has 7 heteroatoms. The minimum absolute atomic E-state index is 0.158. The molecule has 3 heterocycles. The molecule has 0 radical (unpaired) electrons. The van der Waals surface area contributed by atoms with Gasteiger partial charge in [-0.05, 0) is 57.0 Å². The van der Waals surface area contributed by atoms with Crippen molar-refractivity contribution >= 4 is 5.91 Å². The van der Waals surface area contributed by atoms with Gasteiger partial charge in [-0.25, -0.2) is 4.39 Å². The first-order valence-corrected chi connectivity index (χ1v) is 9.76. The smallest absolute Gasteiger partial charge is 0.223 e. The maximum atomic E-state index is 12.9. The number of nitrogens with zero attached hydrogens (tertiary/aromatic N) is 5. The zero-order chi connectivity index (χ0) is 18.8. The zero-order valence-electron chi connectivity index (χ0n) is 15.8. The van der Waals surface area contributed by atoms with Crippen LogP contribution in [0.4, 0.5) is 4.39 Å². The number of aromatic nitrogens is 3. The number of hydrogen-bond donors (Lipinski definition) is 0. The van der Waals surface area contributed by atoms with Crippen LogP contribution in [0, 0.1) is 5.82 Å². The van der Waals surface area contributed by atoms with Crippen LogP contribution in [0.25, 0.3) is 0 Å². The molecule has 144 valence electrons. The Morgan fingerprint density at radius 2 is 2.00 bits per heavy atom. The van der Waals surface area contributed by atoms with Crippen LogP contribution in [0.15, 0.2) is 24.3 Å². The molecule has 1 aromatic carbocycles. The molecule has 1 fully saturated rings. The molecule has 1 amide bonds. The Balaban J connectivity index is 1.32. The number of carbonyl (C=O) groups is 1. The fourth-order valence-corrected chi connectivity index (χ4v) is 4.13. The Bertz CT molecular complexity index is 803. The minimum Gasteiger partial charge on any atom is -0.333 e. The average molecular weight is 371 g/mol. The highest BCUT2D eigenvalue weighted by Crippen LogP contribution is 2.30. The molecule has 0 unspecified atom stereocenters. The van der Waals surface area contributed by atoms with E-state index < -0.39 is 0 Å². The summed E-state index contributed by atoms with van der Waals surface area (Å²) in [7, 11) is 2.14. The average Bonchev–Trinajstić information content (AvgIpc) is 3.28. The van der Waals surface area contributed by atoms with Crippen molar-refractivity contribution in [1.82, 2.24) is 24.6 Å². The highest BCUT2D eigenvalue weighted by Gasteiger charge is 2.31. The number of rotatable bonds is 5. The molecule has 1 aromatic heterocycles. The van der Waals surface area contributed by atoms with Crippen molar-refractivity contribution in [1.29, 1.82) is 0 Å². The summed E-state index contributed by atoms with van der Waals surface area (Å²) in [5, 5.41) is 8.80. The van der Waals surface area contributed by atoms with Gasteiger partial charge in [0, 0.05) is 19.5 Å². The van der Waals surface area contributed by atoms with Crippen LogP contribution >= 0.6 is 0 Å². The van der Waals surface area contributed by atoms with Gasteiger partial charge in [0.25, 0.3) is 0 Å². The maximum Gasteiger partial charge on any atom is 0.223 e. The van der Waals surface area contributed by atoms with E-state index >= 15 is 0 Å². The van der Waals surface area contributed by atoms with Crippen LogP contribution in [0.1, 0.15) is 48.9 Å². The highest BCUT2D eigenvalue weighted by molar-refractivity contribution is 5.76. The highest BCUT2D eigenvalue weighted by atomic mass is 19.1. The zero-order valence-corrected chi connectivity index (χ0v) is 15.8. The molecule has 0 saturated carbocycles. The van der Waals surface area contributed by atoms with E-state index in [1.807, 2.05) is 4.90 Å². The first kappa shape index (κ1) is 18.1. The second-order valence-electron chi connectivity index (χ2n) is 7.56. The molecule has 4 rings (SSSR count). The molecular weight excluding hydrogens is 345 g/mol. The quantitative estimate of drug-likeness (QED) is 0.811. The van der Waals surface area contributed by atoms with E-state index in [1.165, 1.54) is 18.6 Å². The van der Waals surface area contributed by atoms with E-state index in [4.69, 9.17) is 0 Å². The lowest BCUT2D eigenvalue weighted by Gasteiger charge is -2.29. The van der Waals surface area contributed by atoms with Crippen molar-refractivity contribution in [3.63, 3.8) is 0 Å². The van der Waals surface area contributed by atoms with E-state index in [9.17, 15) is 9.18 Å². The normalized spacial score (nSPS) is 20.1. The van der Waals surface area contributed by atoms with Crippen molar-refractivity contribution in [2.75, 3.05) is 20.1 Å². The van der Waals surface area contributed by atoms with Crippen LogP contribution in [-0.4, -0.2) is 50.6 Å². The van der Waals surface area contributed by atoms with E-state index in [0.717, 1.165) is 49.6 Å². The molecule has 0 spiro atoms. The van der Waals surface area contributed by atoms with Gasteiger partial charge in [0.2, 0.25) is 5.91 Å². The number of carbonyl (C=O) groups excluding carboxylic acids is 1. The van der Waals surface area contributed by atoms with Crippen molar-refractivity contribution in [3.05, 3.63) is 47.3 Å². The summed E-state index contributed by atoms with van der Waals surface area (Å²) in [6.07, 6.45) is 4.38. The second-order valence-corrected chi connectivity index (χ2v) is 7.56. The van der Waals surface area contributed by atoms with Gasteiger partial charge in [-0.3, -0.25) is 9.69 Å². The first-order chi connectivity index (χ1) is 13.1. The van der Waals surface area contributed by atoms with Crippen LogP contribution in [0.3, 0.4) is 0 Å². The van der Waals surface area contributed by atoms with Gasteiger partial charge in [-0.2, -0.15) is 0 Å². The maximum absolute atomic E-state index is 12.9. The van der Waals surface area contributed by atoms with Crippen molar-refractivity contribution in [2.45, 2.75) is 51.2 Å². The van der Waals surface area contributed by atoms with Gasteiger partial charge in [-0.1, -0.05) is 12.1 Å². The lowest BCUT2D eigenvalue weighted by molar-refractivity contribution is -0.132. The molecule has 2 aliphatic heterocycles. The van der Waals surface area contributed by atoms with Gasteiger partial charge in [0.05, 0.1) is 12.6 Å². The standard InChI is InChI=1S/C20H26FN5O/c1-24-11-3-5-17(24)20-23-22-18-14-25(12-13-26(18)20)19(27)6-2-4-15-7-9-16(21)10-8-15/h7-10,17H,2-6,11-14H2,1H3/t17-/m1/s1. The summed E-state index contributed by atoms with van der Waals surface area (Å²) in [6, 6.07) is 6.85. The van der Waals surface area contributed by atoms with Crippen LogP contribution in [0.5, 0.6) is 0 Å². The third-order valence-electron chi connectivity index (χ3n) is 5.72. The molecule has 2 aromatic rings. The number of hydrogen-bond acceptors (Lipinski definition) is 4. The van der Waals surface area contributed by atoms with E-state index in [2.05, 4.69) is 26.7 Å². The lowest BCUT2D eigenvalue weighted by atomic mass is 10.1. The molecule has 0 bridgehead atoms. The second kappa shape index (κ2) is 7.76. The van der Waals surface area contributed by atoms with Crippen LogP contribution in [-0.2, 0) is 24.3 Å². The Labute approximate surface area is 159 Å². The number of fused-ring (bicyclic) bond motifs is 1. The van der Waals surface area contributed by atoms with Crippen LogP contribution in [0.2, 0.25) is 0 Å².